The van der Waals surface area contributed by atoms with Crippen LogP contribution < -0.4 is 0 Å². The first-order valence-corrected chi connectivity index (χ1v) is 12.8. The molecule has 2 N–H and O–H groups in total. The Balaban J connectivity index is 1.59. The number of benzene rings is 3. The third-order valence-electron chi connectivity index (χ3n) is 7.67. The molecule has 0 saturated carbocycles. The van der Waals surface area contributed by atoms with Gasteiger partial charge < -0.3 is 10.2 Å². The standard InChI is InChI=1S/C31H39NO2/c1-4-21-30(33,26-17-15-25(16-18-26)24(2)3)32-22-19-29(20-23-32)31(34,27-11-7-5-8-12-27)28-13-9-6-10-14-28/h5-18,24,29,33-34H,4,19-23H2,1-3H3. The van der Waals surface area contributed by atoms with Crippen LogP contribution in [-0.4, -0.2) is 28.2 Å². The lowest BCUT2D eigenvalue weighted by molar-refractivity contribution is -0.144. The summed E-state index contributed by atoms with van der Waals surface area (Å²) in [4.78, 5) is 2.23. The zero-order chi connectivity index (χ0) is 24.2. The number of piperidine rings is 1. The molecule has 4 rings (SSSR count). The van der Waals surface area contributed by atoms with Gasteiger partial charge in [0.1, 0.15) is 11.3 Å². The Bertz CT molecular complexity index is 985. The van der Waals surface area contributed by atoms with Crippen molar-refractivity contribution in [3.63, 3.8) is 0 Å². The molecule has 1 fully saturated rings. The minimum Gasteiger partial charge on any atom is -0.380 e. The number of rotatable bonds is 8. The fraction of sp³-hybridized carbons (Fsp3) is 0.419. The molecule has 0 aromatic heterocycles. The van der Waals surface area contributed by atoms with Gasteiger partial charge in [-0.3, -0.25) is 4.90 Å². The Labute approximate surface area is 205 Å². The lowest BCUT2D eigenvalue weighted by Gasteiger charge is -2.47. The molecule has 3 aromatic rings. The van der Waals surface area contributed by atoms with E-state index < -0.39 is 11.3 Å². The van der Waals surface area contributed by atoms with Crippen molar-refractivity contribution in [2.75, 3.05) is 13.1 Å². The van der Waals surface area contributed by atoms with E-state index in [2.05, 4.69) is 49.9 Å². The second-order valence-corrected chi connectivity index (χ2v) is 10.1. The highest BCUT2D eigenvalue weighted by Crippen LogP contribution is 2.44. The molecule has 1 saturated heterocycles. The van der Waals surface area contributed by atoms with Crippen LogP contribution in [0.2, 0.25) is 0 Å². The van der Waals surface area contributed by atoms with E-state index in [1.54, 1.807) is 0 Å². The van der Waals surface area contributed by atoms with Gasteiger partial charge in [-0.25, -0.2) is 0 Å². The first kappa shape index (κ1) is 24.7. The molecule has 1 heterocycles. The molecule has 0 radical (unpaired) electrons. The second-order valence-electron chi connectivity index (χ2n) is 10.1. The Kier molecular flexibility index (Phi) is 7.57. The zero-order valence-corrected chi connectivity index (χ0v) is 20.8. The lowest BCUT2D eigenvalue weighted by Crippen LogP contribution is -2.52. The average Bonchev–Trinajstić information content (AvgIpc) is 2.89. The Hall–Kier alpha value is -2.46. The molecular formula is C31H39NO2. The van der Waals surface area contributed by atoms with Crippen molar-refractivity contribution in [1.29, 1.82) is 0 Å². The van der Waals surface area contributed by atoms with Crippen LogP contribution >= 0.6 is 0 Å². The molecule has 3 nitrogen and oxygen atoms in total. The molecule has 0 aliphatic carbocycles. The van der Waals surface area contributed by atoms with Gasteiger partial charge in [0.15, 0.2) is 0 Å². The van der Waals surface area contributed by atoms with E-state index in [1.807, 2.05) is 60.7 Å². The number of aliphatic hydroxyl groups is 2. The molecule has 1 atom stereocenters. The molecule has 3 aromatic carbocycles. The third kappa shape index (κ3) is 4.70. The van der Waals surface area contributed by atoms with Crippen molar-refractivity contribution in [1.82, 2.24) is 4.90 Å². The van der Waals surface area contributed by atoms with Crippen molar-refractivity contribution in [3.05, 3.63) is 107 Å². The topological polar surface area (TPSA) is 43.7 Å². The maximum absolute atomic E-state index is 12.2. The SMILES string of the molecule is CCCC(O)(c1ccc(C(C)C)cc1)N1CCC(C(O)(c2ccccc2)c2ccccc2)CC1. The van der Waals surface area contributed by atoms with Crippen LogP contribution in [0.3, 0.4) is 0 Å². The highest BCUT2D eigenvalue weighted by molar-refractivity contribution is 5.37. The summed E-state index contributed by atoms with van der Waals surface area (Å²) in [6.45, 7) is 8.01. The van der Waals surface area contributed by atoms with Gasteiger partial charge in [-0.05, 0) is 53.4 Å². The molecule has 180 valence electrons. The van der Waals surface area contributed by atoms with Crippen molar-refractivity contribution < 1.29 is 10.2 Å². The maximum atomic E-state index is 12.2. The van der Waals surface area contributed by atoms with Crippen LogP contribution in [0, 0.1) is 5.92 Å². The number of likely N-dealkylation sites (tertiary alicyclic amines) is 1. The molecule has 0 bridgehead atoms. The lowest BCUT2D eigenvalue weighted by atomic mass is 9.71. The molecule has 0 amide bonds. The Morgan fingerprint density at radius 1 is 0.765 bits per heavy atom. The Morgan fingerprint density at radius 3 is 1.71 bits per heavy atom. The fourth-order valence-electron chi connectivity index (χ4n) is 5.66. The third-order valence-corrected chi connectivity index (χ3v) is 7.67. The van der Waals surface area contributed by atoms with Gasteiger partial charge in [0.2, 0.25) is 0 Å². The van der Waals surface area contributed by atoms with Gasteiger partial charge in [0, 0.05) is 13.1 Å². The first-order chi connectivity index (χ1) is 16.4. The molecule has 1 aliphatic rings. The molecule has 34 heavy (non-hydrogen) atoms. The van der Waals surface area contributed by atoms with Gasteiger partial charge in [0.25, 0.3) is 0 Å². The fourth-order valence-corrected chi connectivity index (χ4v) is 5.66. The summed E-state index contributed by atoms with van der Waals surface area (Å²) in [6, 6.07) is 28.6. The highest BCUT2D eigenvalue weighted by atomic mass is 16.3. The van der Waals surface area contributed by atoms with Crippen molar-refractivity contribution in [3.8, 4) is 0 Å². The summed E-state index contributed by atoms with van der Waals surface area (Å²) in [5.74, 6) is 0.542. The summed E-state index contributed by atoms with van der Waals surface area (Å²) < 4.78 is 0. The minimum atomic E-state index is -1.05. The molecule has 1 unspecified atom stereocenters. The molecule has 3 heteroatoms. The van der Waals surface area contributed by atoms with Crippen LogP contribution in [0.4, 0.5) is 0 Å². The van der Waals surface area contributed by atoms with Crippen molar-refractivity contribution in [2.45, 2.75) is 63.7 Å². The van der Waals surface area contributed by atoms with Gasteiger partial charge in [-0.15, -0.1) is 0 Å². The smallest absolute Gasteiger partial charge is 0.144 e. The zero-order valence-electron chi connectivity index (χ0n) is 20.8. The number of nitrogens with zero attached hydrogens (tertiary/aromatic N) is 1. The van der Waals surface area contributed by atoms with E-state index in [4.69, 9.17) is 0 Å². The van der Waals surface area contributed by atoms with Crippen LogP contribution in [0.25, 0.3) is 0 Å². The largest absolute Gasteiger partial charge is 0.380 e. The quantitative estimate of drug-likeness (QED) is 0.411. The second kappa shape index (κ2) is 10.4. The summed E-state index contributed by atoms with van der Waals surface area (Å²) in [6.07, 6.45) is 3.23. The van der Waals surface area contributed by atoms with Crippen LogP contribution in [-0.2, 0) is 11.3 Å². The Morgan fingerprint density at radius 2 is 1.26 bits per heavy atom. The van der Waals surface area contributed by atoms with E-state index in [0.29, 0.717) is 12.3 Å². The van der Waals surface area contributed by atoms with Crippen LogP contribution in [0.5, 0.6) is 0 Å². The first-order valence-electron chi connectivity index (χ1n) is 12.8. The van der Waals surface area contributed by atoms with E-state index in [1.165, 1.54) is 5.56 Å². The summed E-state index contributed by atoms with van der Waals surface area (Å²) in [5, 5.41) is 24.1. The molecular weight excluding hydrogens is 418 g/mol. The summed E-state index contributed by atoms with van der Waals surface area (Å²) >= 11 is 0. The predicted octanol–water partition coefficient (Wildman–Crippen LogP) is 6.40. The summed E-state index contributed by atoms with van der Waals surface area (Å²) in [5.41, 5.74) is 2.11. The van der Waals surface area contributed by atoms with E-state index in [0.717, 1.165) is 49.0 Å². The monoisotopic (exact) mass is 457 g/mol. The average molecular weight is 458 g/mol. The van der Waals surface area contributed by atoms with Gasteiger partial charge in [0.05, 0.1) is 0 Å². The van der Waals surface area contributed by atoms with Gasteiger partial charge in [-0.2, -0.15) is 0 Å². The minimum absolute atomic E-state index is 0.0720. The maximum Gasteiger partial charge on any atom is 0.144 e. The van der Waals surface area contributed by atoms with Crippen molar-refractivity contribution in [2.24, 2.45) is 5.92 Å². The highest BCUT2D eigenvalue weighted by Gasteiger charge is 2.45. The number of hydrogen-bond acceptors (Lipinski definition) is 3. The van der Waals surface area contributed by atoms with E-state index >= 15 is 0 Å². The van der Waals surface area contributed by atoms with Gasteiger partial charge in [-0.1, -0.05) is 112 Å². The van der Waals surface area contributed by atoms with Gasteiger partial charge >= 0.3 is 0 Å². The van der Waals surface area contributed by atoms with Crippen LogP contribution in [0.1, 0.15) is 74.6 Å². The summed E-state index contributed by atoms with van der Waals surface area (Å²) in [7, 11) is 0. The van der Waals surface area contributed by atoms with E-state index in [9.17, 15) is 10.2 Å². The predicted molar refractivity (Wildman–Crippen MR) is 140 cm³/mol. The van der Waals surface area contributed by atoms with Crippen molar-refractivity contribution >= 4 is 0 Å². The number of hydrogen-bond donors (Lipinski definition) is 2. The van der Waals surface area contributed by atoms with Crippen LogP contribution in [0.15, 0.2) is 84.9 Å². The molecule has 0 spiro atoms. The van der Waals surface area contributed by atoms with E-state index in [-0.39, 0.29) is 5.92 Å². The normalized spacial score (nSPS) is 17.6. The molecule has 1 aliphatic heterocycles.